The summed E-state index contributed by atoms with van der Waals surface area (Å²) in [6, 6.07) is 7.49. The number of nitrogens with one attached hydrogen (secondary N) is 1. The van der Waals surface area contributed by atoms with E-state index in [4.69, 9.17) is 0 Å². The Labute approximate surface area is 136 Å². The van der Waals surface area contributed by atoms with Crippen LogP contribution in [0.4, 0.5) is 0 Å². The lowest BCUT2D eigenvalue weighted by Gasteiger charge is -2.37. The molecule has 4 rings (SSSR count). The van der Waals surface area contributed by atoms with Crippen molar-refractivity contribution in [3.8, 4) is 0 Å². The zero-order valence-corrected chi connectivity index (χ0v) is 13.1. The minimum atomic E-state index is -0.251. The van der Waals surface area contributed by atoms with Crippen molar-refractivity contribution in [3.63, 3.8) is 0 Å². The van der Waals surface area contributed by atoms with Gasteiger partial charge >= 0.3 is 0 Å². The van der Waals surface area contributed by atoms with Crippen LogP contribution in [-0.2, 0) is 0 Å². The Morgan fingerprint density at radius 3 is 3.00 bits per heavy atom. The van der Waals surface area contributed by atoms with E-state index >= 15 is 0 Å². The molecule has 1 atom stereocenters. The van der Waals surface area contributed by atoms with Gasteiger partial charge in [0.25, 0.3) is 5.91 Å². The lowest BCUT2D eigenvalue weighted by atomic mass is 9.76. The summed E-state index contributed by atoms with van der Waals surface area (Å²) < 4.78 is 1.72. The van der Waals surface area contributed by atoms with Crippen LogP contribution in [0.15, 0.2) is 42.2 Å². The van der Waals surface area contributed by atoms with Crippen molar-refractivity contribution in [1.82, 2.24) is 19.9 Å². The van der Waals surface area contributed by atoms with Crippen LogP contribution in [0.3, 0.4) is 0 Å². The van der Waals surface area contributed by atoms with Crippen LogP contribution in [0.25, 0.3) is 5.65 Å². The molecule has 3 aromatic rings. The number of aromatic nitrogens is 3. The Balaban J connectivity index is 1.61. The van der Waals surface area contributed by atoms with Gasteiger partial charge in [-0.25, -0.2) is 0 Å². The van der Waals surface area contributed by atoms with Crippen molar-refractivity contribution in [2.24, 2.45) is 5.92 Å². The topological polar surface area (TPSA) is 79.5 Å². The normalized spacial score (nSPS) is 21.8. The van der Waals surface area contributed by atoms with E-state index in [-0.39, 0.29) is 24.0 Å². The zero-order valence-electron chi connectivity index (χ0n) is 12.3. The summed E-state index contributed by atoms with van der Waals surface area (Å²) >= 11 is 1.62. The minimum Gasteiger partial charge on any atom is -0.393 e. The number of amides is 1. The molecule has 1 aliphatic rings. The number of aliphatic hydroxyl groups excluding tert-OH is 1. The standard InChI is InChI=1S/C16H16N4O2S/c21-11-7-10(8-11)14(13-4-2-6-23-13)18-16(22)12-3-1-5-20-9-17-19-15(12)20/h1-6,9-11,14,21H,7-8H2,(H,18,22)/t10?,11?,14-/m1/s1. The molecule has 1 saturated carbocycles. The number of aliphatic hydroxyl groups is 1. The van der Waals surface area contributed by atoms with Gasteiger partial charge in [0.1, 0.15) is 6.33 Å². The summed E-state index contributed by atoms with van der Waals surface area (Å²) in [6.45, 7) is 0. The van der Waals surface area contributed by atoms with Gasteiger partial charge in [-0.15, -0.1) is 21.5 Å². The van der Waals surface area contributed by atoms with Gasteiger partial charge in [0.2, 0.25) is 0 Å². The minimum absolute atomic E-state index is 0.0749. The van der Waals surface area contributed by atoms with E-state index in [9.17, 15) is 9.90 Å². The Morgan fingerprint density at radius 1 is 1.39 bits per heavy atom. The number of carbonyl (C=O) groups is 1. The van der Waals surface area contributed by atoms with E-state index in [0.29, 0.717) is 11.2 Å². The van der Waals surface area contributed by atoms with E-state index in [0.717, 1.165) is 17.7 Å². The highest BCUT2D eigenvalue weighted by molar-refractivity contribution is 7.10. The molecule has 0 saturated heterocycles. The molecule has 0 aromatic carbocycles. The zero-order chi connectivity index (χ0) is 15.8. The summed E-state index contributed by atoms with van der Waals surface area (Å²) in [7, 11) is 0. The Morgan fingerprint density at radius 2 is 2.26 bits per heavy atom. The van der Waals surface area contributed by atoms with E-state index < -0.39 is 0 Å². The maximum atomic E-state index is 12.7. The van der Waals surface area contributed by atoms with E-state index in [1.54, 1.807) is 34.2 Å². The van der Waals surface area contributed by atoms with Crippen molar-refractivity contribution in [2.45, 2.75) is 25.0 Å². The van der Waals surface area contributed by atoms with E-state index in [1.165, 1.54) is 0 Å². The summed E-state index contributed by atoms with van der Waals surface area (Å²) in [5.41, 5.74) is 1.05. The van der Waals surface area contributed by atoms with Gasteiger partial charge < -0.3 is 10.4 Å². The molecule has 1 aliphatic carbocycles. The van der Waals surface area contributed by atoms with Crippen molar-refractivity contribution in [1.29, 1.82) is 0 Å². The number of hydrogen-bond acceptors (Lipinski definition) is 5. The van der Waals surface area contributed by atoms with Crippen molar-refractivity contribution in [3.05, 3.63) is 52.6 Å². The second-order valence-electron chi connectivity index (χ2n) is 5.84. The van der Waals surface area contributed by atoms with Gasteiger partial charge in [0.05, 0.1) is 17.7 Å². The molecule has 1 amide bonds. The SMILES string of the molecule is O=C(N[C@@H](c1cccs1)C1CC(O)C1)c1cccn2cnnc12. The molecule has 3 aromatic heterocycles. The van der Waals surface area contributed by atoms with Crippen LogP contribution in [0, 0.1) is 5.92 Å². The third-order valence-electron chi connectivity index (χ3n) is 4.33. The van der Waals surface area contributed by atoms with Gasteiger partial charge in [-0.05, 0) is 42.3 Å². The van der Waals surface area contributed by atoms with Crippen LogP contribution in [0.5, 0.6) is 0 Å². The molecule has 118 valence electrons. The van der Waals surface area contributed by atoms with E-state index in [2.05, 4.69) is 15.5 Å². The number of nitrogens with zero attached hydrogens (tertiary/aromatic N) is 3. The first kappa shape index (κ1) is 14.3. The fraction of sp³-hybridized carbons (Fsp3) is 0.312. The second-order valence-corrected chi connectivity index (χ2v) is 6.81. The molecule has 0 bridgehead atoms. The van der Waals surface area contributed by atoms with Crippen molar-refractivity contribution < 1.29 is 9.90 Å². The molecule has 23 heavy (non-hydrogen) atoms. The van der Waals surface area contributed by atoms with Gasteiger partial charge in [-0.1, -0.05) is 6.07 Å². The Hall–Kier alpha value is -2.25. The average Bonchev–Trinajstić information content (AvgIpc) is 3.19. The first-order valence-electron chi connectivity index (χ1n) is 7.53. The molecule has 1 fully saturated rings. The number of rotatable bonds is 4. The van der Waals surface area contributed by atoms with Gasteiger partial charge in [0, 0.05) is 11.1 Å². The van der Waals surface area contributed by atoms with Gasteiger partial charge in [0.15, 0.2) is 5.65 Å². The third-order valence-corrected chi connectivity index (χ3v) is 5.28. The highest BCUT2D eigenvalue weighted by Gasteiger charge is 2.36. The highest BCUT2D eigenvalue weighted by atomic mass is 32.1. The van der Waals surface area contributed by atoms with Crippen LogP contribution in [-0.4, -0.2) is 31.7 Å². The summed E-state index contributed by atoms with van der Waals surface area (Å²) in [6.07, 6.45) is 4.58. The van der Waals surface area contributed by atoms with Crippen LogP contribution in [0.2, 0.25) is 0 Å². The van der Waals surface area contributed by atoms with Crippen LogP contribution in [0.1, 0.15) is 34.1 Å². The molecule has 0 unspecified atom stereocenters. The fourth-order valence-electron chi connectivity index (χ4n) is 3.04. The number of carbonyl (C=O) groups excluding carboxylic acids is 1. The van der Waals surface area contributed by atoms with Crippen molar-refractivity contribution >= 4 is 22.9 Å². The summed E-state index contributed by atoms with van der Waals surface area (Å²) in [4.78, 5) is 13.9. The summed E-state index contributed by atoms with van der Waals surface area (Å²) in [5, 5.41) is 22.6. The molecule has 7 heteroatoms. The number of hydrogen-bond donors (Lipinski definition) is 2. The molecule has 0 radical (unpaired) electrons. The number of pyridine rings is 1. The van der Waals surface area contributed by atoms with Gasteiger partial charge in [-0.2, -0.15) is 0 Å². The maximum absolute atomic E-state index is 12.7. The average molecular weight is 328 g/mol. The first-order valence-corrected chi connectivity index (χ1v) is 8.41. The predicted molar refractivity (Wildman–Crippen MR) is 86.2 cm³/mol. The lowest BCUT2D eigenvalue weighted by molar-refractivity contribution is 0.0241. The molecule has 0 spiro atoms. The highest BCUT2D eigenvalue weighted by Crippen LogP contribution is 2.39. The van der Waals surface area contributed by atoms with E-state index in [1.807, 2.05) is 23.7 Å². The molecular formula is C16H16N4O2S. The monoisotopic (exact) mass is 328 g/mol. The number of thiophene rings is 1. The van der Waals surface area contributed by atoms with Crippen LogP contribution < -0.4 is 5.32 Å². The Kier molecular flexibility index (Phi) is 3.59. The molecule has 3 heterocycles. The maximum Gasteiger partial charge on any atom is 0.255 e. The smallest absolute Gasteiger partial charge is 0.255 e. The van der Waals surface area contributed by atoms with Crippen LogP contribution >= 0.6 is 11.3 Å². The lowest BCUT2D eigenvalue weighted by Crippen LogP contribution is -2.41. The van der Waals surface area contributed by atoms with Gasteiger partial charge in [-0.3, -0.25) is 9.20 Å². The molecule has 0 aliphatic heterocycles. The quantitative estimate of drug-likeness (QED) is 0.768. The summed E-state index contributed by atoms with van der Waals surface area (Å²) in [5.74, 6) is 0.105. The predicted octanol–water partition coefficient (Wildman–Crippen LogP) is 2.03. The fourth-order valence-corrected chi connectivity index (χ4v) is 3.91. The van der Waals surface area contributed by atoms with Crippen molar-refractivity contribution in [2.75, 3.05) is 0 Å². The third kappa shape index (κ3) is 2.62. The molecular weight excluding hydrogens is 312 g/mol. The largest absolute Gasteiger partial charge is 0.393 e. The number of fused-ring (bicyclic) bond motifs is 1. The Bertz CT molecular complexity index is 824. The molecule has 6 nitrogen and oxygen atoms in total. The first-order chi connectivity index (χ1) is 11.2. The molecule has 2 N–H and O–H groups in total. The second kappa shape index (κ2) is 5.75.